The second-order valence-corrected chi connectivity index (χ2v) is 5.44. The average Bonchev–Trinajstić information content (AvgIpc) is 2.53. The van der Waals surface area contributed by atoms with Crippen molar-refractivity contribution in [2.45, 2.75) is 45.8 Å². The summed E-state index contributed by atoms with van der Waals surface area (Å²) in [5.74, 6) is -2.63. The van der Waals surface area contributed by atoms with Crippen LogP contribution in [-0.4, -0.2) is 35.3 Å². The van der Waals surface area contributed by atoms with E-state index in [1.807, 2.05) is 0 Å². The zero-order valence-electron chi connectivity index (χ0n) is 11.4. The molecule has 1 fully saturated rings. The van der Waals surface area contributed by atoms with Crippen LogP contribution in [0.1, 0.15) is 34.1 Å². The molecule has 0 aromatic heterocycles. The molecule has 0 saturated carbocycles. The lowest BCUT2D eigenvalue weighted by molar-refractivity contribution is -0.132. The zero-order chi connectivity index (χ0) is 14.8. The molecule has 1 aliphatic rings. The van der Waals surface area contributed by atoms with Crippen LogP contribution in [-0.2, 0) is 19.1 Å². The van der Waals surface area contributed by atoms with Crippen molar-refractivity contribution in [3.8, 4) is 0 Å². The number of imide groups is 1. The van der Waals surface area contributed by atoms with Crippen LogP contribution < -0.4 is 10.6 Å². The molecule has 1 rings (SSSR count). The van der Waals surface area contributed by atoms with E-state index in [0.717, 1.165) is 0 Å². The summed E-state index contributed by atoms with van der Waals surface area (Å²) in [4.78, 5) is 45.8. The number of rotatable bonds is 3. The first kappa shape index (κ1) is 15.1. The lowest BCUT2D eigenvalue weighted by Crippen LogP contribution is -2.45. The molecule has 7 heteroatoms. The van der Waals surface area contributed by atoms with E-state index in [-0.39, 0.29) is 6.42 Å². The van der Waals surface area contributed by atoms with Crippen molar-refractivity contribution in [2.75, 3.05) is 0 Å². The molecule has 1 heterocycles. The van der Waals surface area contributed by atoms with Gasteiger partial charge in [0.05, 0.1) is 6.04 Å². The van der Waals surface area contributed by atoms with E-state index in [2.05, 4.69) is 10.6 Å². The summed E-state index contributed by atoms with van der Waals surface area (Å²) in [5.41, 5.74) is -0.673. The second kappa shape index (κ2) is 5.38. The predicted molar refractivity (Wildman–Crippen MR) is 65.1 cm³/mol. The Balaban J connectivity index is 2.56. The van der Waals surface area contributed by atoms with Gasteiger partial charge in [-0.1, -0.05) is 0 Å². The molecule has 0 aromatic carbocycles. The van der Waals surface area contributed by atoms with Gasteiger partial charge >= 0.3 is 6.09 Å². The maximum atomic E-state index is 11.9. The number of alkyl carbamates (subject to hydrolysis) is 1. The van der Waals surface area contributed by atoms with Crippen LogP contribution in [0.2, 0.25) is 0 Å². The summed E-state index contributed by atoms with van der Waals surface area (Å²) in [6, 6.07) is -0.892. The van der Waals surface area contributed by atoms with Crippen LogP contribution >= 0.6 is 0 Å². The molecule has 1 saturated heterocycles. The molecule has 0 aliphatic carbocycles. The van der Waals surface area contributed by atoms with Gasteiger partial charge in [-0.05, 0) is 27.7 Å². The van der Waals surface area contributed by atoms with E-state index in [1.165, 1.54) is 6.92 Å². The van der Waals surface area contributed by atoms with E-state index in [9.17, 15) is 19.2 Å². The number of ether oxygens (including phenoxy) is 1. The lowest BCUT2D eigenvalue weighted by Gasteiger charge is -2.22. The largest absolute Gasteiger partial charge is 0.444 e. The van der Waals surface area contributed by atoms with Crippen LogP contribution in [0.3, 0.4) is 0 Å². The Morgan fingerprint density at radius 3 is 2.37 bits per heavy atom. The molecule has 0 aromatic rings. The fraction of sp³-hybridized carbons (Fsp3) is 0.667. The molecular formula is C12H18N2O5. The van der Waals surface area contributed by atoms with Gasteiger partial charge in [0.25, 0.3) is 0 Å². The van der Waals surface area contributed by atoms with Crippen molar-refractivity contribution in [3.63, 3.8) is 0 Å². The van der Waals surface area contributed by atoms with E-state index in [0.29, 0.717) is 0 Å². The SMILES string of the molecule is CC(NC(=O)OC(C)(C)C)C(=O)C1CC(=O)NC1=O. The Morgan fingerprint density at radius 2 is 1.95 bits per heavy atom. The maximum Gasteiger partial charge on any atom is 0.408 e. The number of ketones is 1. The Morgan fingerprint density at radius 1 is 1.37 bits per heavy atom. The molecule has 1 aliphatic heterocycles. The van der Waals surface area contributed by atoms with Gasteiger partial charge in [-0.15, -0.1) is 0 Å². The van der Waals surface area contributed by atoms with Crippen molar-refractivity contribution in [3.05, 3.63) is 0 Å². The summed E-state index contributed by atoms with van der Waals surface area (Å²) < 4.78 is 5.00. The Hall–Kier alpha value is -1.92. The standard InChI is InChI=1S/C12H18N2O5/c1-6(13-11(18)19-12(2,3)4)9(16)7-5-8(15)14-10(7)17/h6-7H,5H2,1-4H3,(H,13,18)(H,14,15,17). The molecule has 0 bridgehead atoms. The Bertz CT molecular complexity index is 424. The number of carbonyl (C=O) groups excluding carboxylic acids is 4. The summed E-state index contributed by atoms with van der Waals surface area (Å²) in [5, 5.41) is 4.40. The smallest absolute Gasteiger partial charge is 0.408 e. The molecule has 3 amide bonds. The van der Waals surface area contributed by atoms with E-state index in [1.54, 1.807) is 20.8 Å². The van der Waals surface area contributed by atoms with E-state index in [4.69, 9.17) is 4.74 Å². The third-order valence-corrected chi connectivity index (χ3v) is 2.47. The normalized spacial score (nSPS) is 20.7. The Labute approximate surface area is 111 Å². The van der Waals surface area contributed by atoms with Crippen LogP contribution in [0, 0.1) is 5.92 Å². The molecule has 2 unspecified atom stereocenters. The molecule has 19 heavy (non-hydrogen) atoms. The molecule has 2 N–H and O–H groups in total. The number of hydrogen-bond donors (Lipinski definition) is 2. The predicted octanol–water partition coefficient (Wildman–Crippen LogP) is 0.131. The summed E-state index contributed by atoms with van der Waals surface area (Å²) >= 11 is 0. The van der Waals surface area contributed by atoms with E-state index >= 15 is 0 Å². The van der Waals surface area contributed by atoms with E-state index < -0.39 is 41.3 Å². The summed E-state index contributed by atoms with van der Waals surface area (Å²) in [6.07, 6.45) is -0.907. The number of amides is 3. The average molecular weight is 270 g/mol. The highest BCUT2D eigenvalue weighted by molar-refractivity contribution is 6.15. The first-order valence-corrected chi connectivity index (χ1v) is 5.97. The zero-order valence-corrected chi connectivity index (χ0v) is 11.4. The van der Waals surface area contributed by atoms with Crippen molar-refractivity contribution in [2.24, 2.45) is 5.92 Å². The molecule has 2 atom stereocenters. The molecule has 7 nitrogen and oxygen atoms in total. The van der Waals surface area contributed by atoms with Gasteiger partial charge in [-0.25, -0.2) is 4.79 Å². The van der Waals surface area contributed by atoms with Crippen molar-refractivity contribution >= 4 is 23.7 Å². The van der Waals surface area contributed by atoms with Crippen LogP contribution in [0.4, 0.5) is 4.79 Å². The Kier molecular flexibility index (Phi) is 4.28. The van der Waals surface area contributed by atoms with Gasteiger partial charge in [0.2, 0.25) is 11.8 Å². The first-order valence-electron chi connectivity index (χ1n) is 5.97. The van der Waals surface area contributed by atoms with Gasteiger partial charge in [0.15, 0.2) is 5.78 Å². The number of nitrogens with one attached hydrogen (secondary N) is 2. The summed E-state index contributed by atoms with van der Waals surface area (Å²) in [7, 11) is 0. The fourth-order valence-electron chi connectivity index (χ4n) is 1.64. The van der Waals surface area contributed by atoms with Gasteiger partial charge in [-0.2, -0.15) is 0 Å². The highest BCUT2D eigenvalue weighted by Gasteiger charge is 2.38. The lowest BCUT2D eigenvalue weighted by atomic mass is 9.97. The van der Waals surface area contributed by atoms with Crippen LogP contribution in [0.25, 0.3) is 0 Å². The van der Waals surface area contributed by atoms with Gasteiger partial charge in [0, 0.05) is 6.42 Å². The van der Waals surface area contributed by atoms with Crippen molar-refractivity contribution in [1.82, 2.24) is 10.6 Å². The minimum Gasteiger partial charge on any atom is -0.444 e. The fourth-order valence-corrected chi connectivity index (χ4v) is 1.64. The second-order valence-electron chi connectivity index (χ2n) is 5.44. The third-order valence-electron chi connectivity index (χ3n) is 2.47. The molecular weight excluding hydrogens is 252 g/mol. The maximum absolute atomic E-state index is 11.9. The van der Waals surface area contributed by atoms with Gasteiger partial charge in [-0.3, -0.25) is 19.7 Å². The van der Waals surface area contributed by atoms with Crippen LogP contribution in [0.5, 0.6) is 0 Å². The summed E-state index contributed by atoms with van der Waals surface area (Å²) in [6.45, 7) is 6.54. The van der Waals surface area contributed by atoms with Gasteiger partial charge in [0.1, 0.15) is 11.5 Å². The quantitative estimate of drug-likeness (QED) is 0.560. The topological polar surface area (TPSA) is 102 Å². The molecule has 0 radical (unpaired) electrons. The highest BCUT2D eigenvalue weighted by atomic mass is 16.6. The highest BCUT2D eigenvalue weighted by Crippen LogP contribution is 2.14. The van der Waals surface area contributed by atoms with Crippen molar-refractivity contribution < 1.29 is 23.9 Å². The molecule has 106 valence electrons. The van der Waals surface area contributed by atoms with Crippen LogP contribution in [0.15, 0.2) is 0 Å². The monoisotopic (exact) mass is 270 g/mol. The molecule has 0 spiro atoms. The number of Topliss-reactive ketones (excluding diaryl/α,β-unsaturated/α-hetero) is 1. The van der Waals surface area contributed by atoms with Gasteiger partial charge < -0.3 is 10.1 Å². The number of carbonyl (C=O) groups is 4. The first-order chi connectivity index (χ1) is 8.60. The minimum absolute atomic E-state index is 0.169. The third kappa shape index (κ3) is 4.35. The van der Waals surface area contributed by atoms with Crippen molar-refractivity contribution in [1.29, 1.82) is 0 Å². The number of hydrogen-bond acceptors (Lipinski definition) is 5. The minimum atomic E-state index is -1.03.